The maximum absolute atomic E-state index is 6.46. The largest absolute Gasteiger partial charge is 0.487 e. The Bertz CT molecular complexity index is 1740. The van der Waals surface area contributed by atoms with Gasteiger partial charge in [0.2, 0.25) is 5.95 Å². The maximum Gasteiger partial charge on any atom is 0.257 e. The molecule has 7 rings (SSSR count). The van der Waals surface area contributed by atoms with E-state index >= 15 is 0 Å². The molecule has 2 fully saturated rings. The molecule has 250 valence electrons. The monoisotopic (exact) mass is 672 g/mol. The van der Waals surface area contributed by atoms with E-state index in [4.69, 9.17) is 30.9 Å². The van der Waals surface area contributed by atoms with Crippen LogP contribution in [0.4, 0.5) is 11.6 Å². The molecule has 16 heteroatoms. The molecule has 0 bridgehead atoms. The van der Waals surface area contributed by atoms with Crippen LogP contribution >= 0.6 is 11.6 Å². The minimum Gasteiger partial charge on any atom is -0.487 e. The summed E-state index contributed by atoms with van der Waals surface area (Å²) >= 11 is 6.46. The van der Waals surface area contributed by atoms with Gasteiger partial charge in [-0.1, -0.05) is 17.7 Å². The molecule has 1 N–H and O–H groups in total. The van der Waals surface area contributed by atoms with E-state index in [1.807, 2.05) is 29.9 Å². The number of nitrogens with one attached hydrogen (secondary N) is 1. The van der Waals surface area contributed by atoms with Crippen molar-refractivity contribution in [2.24, 2.45) is 0 Å². The second kappa shape index (κ2) is 15.0. The number of aromatic nitrogens is 10. The van der Waals surface area contributed by atoms with E-state index in [0.717, 1.165) is 63.1 Å². The zero-order valence-corrected chi connectivity index (χ0v) is 27.4. The van der Waals surface area contributed by atoms with Gasteiger partial charge in [-0.2, -0.15) is 0 Å². The van der Waals surface area contributed by atoms with Crippen LogP contribution in [0.15, 0.2) is 61.6 Å². The molecule has 1 atom stereocenters. The molecule has 1 aliphatic carbocycles. The molecular formula is C32H37ClN12O3. The highest BCUT2D eigenvalue weighted by Gasteiger charge is 2.29. The molecule has 0 spiro atoms. The number of benzene rings is 1. The van der Waals surface area contributed by atoms with Crippen molar-refractivity contribution in [3.63, 3.8) is 0 Å². The van der Waals surface area contributed by atoms with Crippen LogP contribution in [0.25, 0.3) is 11.1 Å². The normalized spacial score (nSPS) is 19.1. The van der Waals surface area contributed by atoms with Crippen LogP contribution < -0.4 is 14.8 Å². The third-order valence-corrected chi connectivity index (χ3v) is 8.90. The first-order valence-electron chi connectivity index (χ1n) is 16.1. The van der Waals surface area contributed by atoms with Crippen molar-refractivity contribution in [1.29, 1.82) is 0 Å². The summed E-state index contributed by atoms with van der Waals surface area (Å²) in [6.07, 6.45) is 14.5. The van der Waals surface area contributed by atoms with Gasteiger partial charge >= 0.3 is 0 Å². The molecule has 0 amide bonds. The topological polar surface area (TPSA) is 156 Å². The molecule has 1 aromatic carbocycles. The molecule has 5 aromatic rings. The highest BCUT2D eigenvalue weighted by Crippen LogP contribution is 2.35. The van der Waals surface area contributed by atoms with Crippen molar-refractivity contribution in [2.75, 3.05) is 31.6 Å². The summed E-state index contributed by atoms with van der Waals surface area (Å²) in [5.41, 5.74) is 2.34. The van der Waals surface area contributed by atoms with Gasteiger partial charge in [0.05, 0.1) is 37.0 Å². The third kappa shape index (κ3) is 7.86. The van der Waals surface area contributed by atoms with Crippen molar-refractivity contribution >= 4 is 23.2 Å². The fourth-order valence-corrected chi connectivity index (χ4v) is 6.30. The molecule has 1 saturated heterocycles. The minimum absolute atomic E-state index is 0.186. The maximum atomic E-state index is 6.46. The summed E-state index contributed by atoms with van der Waals surface area (Å²) in [7, 11) is 0. The van der Waals surface area contributed by atoms with E-state index in [1.165, 1.54) is 0 Å². The van der Waals surface area contributed by atoms with Crippen LogP contribution in [0, 0.1) is 0 Å². The van der Waals surface area contributed by atoms with E-state index < -0.39 is 0 Å². The first kappa shape index (κ1) is 31.8. The van der Waals surface area contributed by atoms with Crippen LogP contribution in [0.3, 0.4) is 0 Å². The van der Waals surface area contributed by atoms with Crippen molar-refractivity contribution < 1.29 is 14.2 Å². The van der Waals surface area contributed by atoms with Crippen LogP contribution in [0.2, 0.25) is 5.02 Å². The predicted molar refractivity (Wildman–Crippen MR) is 176 cm³/mol. The molecular weight excluding hydrogens is 636 g/mol. The Kier molecular flexibility index (Phi) is 9.96. The lowest BCUT2D eigenvalue weighted by atomic mass is 9.90. The minimum atomic E-state index is -0.213. The quantitative estimate of drug-likeness (QED) is 0.199. The number of hydrogen-bond acceptors (Lipinski definition) is 13. The number of halogens is 1. The summed E-state index contributed by atoms with van der Waals surface area (Å²) in [5.74, 6) is 1.98. The average molecular weight is 673 g/mol. The van der Waals surface area contributed by atoms with Gasteiger partial charge in [0.15, 0.2) is 5.82 Å². The van der Waals surface area contributed by atoms with E-state index in [1.54, 1.807) is 47.9 Å². The zero-order valence-electron chi connectivity index (χ0n) is 26.6. The number of nitrogens with zero attached hydrogens (tertiary/aromatic N) is 11. The van der Waals surface area contributed by atoms with E-state index in [0.29, 0.717) is 46.7 Å². The molecule has 0 radical (unpaired) electrons. The van der Waals surface area contributed by atoms with Gasteiger partial charge in [0, 0.05) is 49.5 Å². The van der Waals surface area contributed by atoms with Gasteiger partial charge in [-0.3, -0.25) is 9.58 Å². The Labute approximate surface area is 282 Å². The number of ether oxygens (including phenoxy) is 3. The standard InChI is InChI=1S/C32H37ClN12O3/c1-22(18-44-21-38-41-42-44)48-29-15-23(3-8-27(29)33)24-16-36-32(37-17-24)39-28-19-45(40-31(28)47-20-30-34-9-2-10-35-30)26-6-4-25(5-7-26)43-11-13-46-14-12-43/h2-3,8-10,15-17,19,21-22,25-26H,4-7,11-14,18,20H2,1H3,(H,36,37,39). The van der Waals surface area contributed by atoms with Crippen molar-refractivity contribution in [3.05, 3.63) is 72.4 Å². The van der Waals surface area contributed by atoms with Crippen molar-refractivity contribution in [1.82, 2.24) is 54.8 Å². The van der Waals surface area contributed by atoms with Crippen LogP contribution in [0.5, 0.6) is 11.6 Å². The smallest absolute Gasteiger partial charge is 0.257 e. The lowest BCUT2D eigenvalue weighted by Crippen LogP contribution is -2.45. The van der Waals surface area contributed by atoms with Gasteiger partial charge in [-0.05, 0) is 66.8 Å². The molecule has 5 heterocycles. The molecule has 1 unspecified atom stereocenters. The fraction of sp³-hybridized carbons (Fsp3) is 0.438. The van der Waals surface area contributed by atoms with Gasteiger partial charge in [0.25, 0.3) is 5.88 Å². The lowest BCUT2D eigenvalue weighted by molar-refractivity contribution is 0.00502. The van der Waals surface area contributed by atoms with E-state index in [2.05, 4.69) is 45.7 Å². The Hall–Kier alpha value is -4.73. The van der Waals surface area contributed by atoms with Gasteiger partial charge in [0.1, 0.15) is 30.5 Å². The van der Waals surface area contributed by atoms with E-state index in [-0.39, 0.29) is 18.8 Å². The van der Waals surface area contributed by atoms with Gasteiger partial charge < -0.3 is 19.5 Å². The molecule has 15 nitrogen and oxygen atoms in total. The van der Waals surface area contributed by atoms with Crippen LogP contribution in [0.1, 0.15) is 44.5 Å². The van der Waals surface area contributed by atoms with Crippen molar-refractivity contribution in [2.45, 2.75) is 63.9 Å². The Morgan fingerprint density at radius 1 is 1.00 bits per heavy atom. The second-order valence-electron chi connectivity index (χ2n) is 11.9. The van der Waals surface area contributed by atoms with Crippen molar-refractivity contribution in [3.8, 4) is 22.8 Å². The molecule has 1 saturated carbocycles. The predicted octanol–water partition coefficient (Wildman–Crippen LogP) is 4.38. The second-order valence-corrected chi connectivity index (χ2v) is 12.3. The molecule has 2 aliphatic rings. The summed E-state index contributed by atoms with van der Waals surface area (Å²) in [6, 6.07) is 8.22. The summed E-state index contributed by atoms with van der Waals surface area (Å²) in [4.78, 5) is 20.3. The molecule has 48 heavy (non-hydrogen) atoms. The highest BCUT2D eigenvalue weighted by molar-refractivity contribution is 6.32. The summed E-state index contributed by atoms with van der Waals surface area (Å²) in [6.45, 7) is 6.26. The first-order valence-corrected chi connectivity index (χ1v) is 16.5. The van der Waals surface area contributed by atoms with E-state index in [9.17, 15) is 0 Å². The number of hydrogen-bond donors (Lipinski definition) is 1. The number of morpholine rings is 1. The highest BCUT2D eigenvalue weighted by atomic mass is 35.5. The number of rotatable bonds is 12. The molecule has 1 aliphatic heterocycles. The van der Waals surface area contributed by atoms with Gasteiger partial charge in [-0.15, -0.1) is 10.2 Å². The van der Waals surface area contributed by atoms with Crippen LogP contribution in [-0.4, -0.2) is 93.3 Å². The lowest BCUT2D eigenvalue weighted by Gasteiger charge is -2.38. The number of anilines is 2. The Balaban J connectivity index is 1.04. The van der Waals surface area contributed by atoms with Crippen LogP contribution in [-0.2, 0) is 17.9 Å². The zero-order chi connectivity index (χ0) is 32.7. The number of tetrazole rings is 1. The SMILES string of the molecule is CC(Cn1cnnn1)Oc1cc(-c2cnc(Nc3cn(C4CCC(N5CCOCC5)CC4)nc3OCc3ncccn3)nc2)ccc1Cl. The Morgan fingerprint density at radius 2 is 1.77 bits per heavy atom. The first-order chi connectivity index (χ1) is 23.6. The van der Waals surface area contributed by atoms with Gasteiger partial charge in [-0.25, -0.2) is 24.6 Å². The fourth-order valence-electron chi connectivity index (χ4n) is 6.14. The average Bonchev–Trinajstić information content (AvgIpc) is 3.79. The summed E-state index contributed by atoms with van der Waals surface area (Å²) in [5, 5.41) is 19.9. The third-order valence-electron chi connectivity index (χ3n) is 8.58. The Morgan fingerprint density at radius 3 is 2.52 bits per heavy atom. The molecule has 4 aromatic heterocycles. The summed E-state index contributed by atoms with van der Waals surface area (Å²) < 4.78 is 21.4.